The van der Waals surface area contributed by atoms with Crippen molar-refractivity contribution < 1.29 is 22.7 Å². The number of rotatable bonds is 13. The van der Waals surface area contributed by atoms with E-state index in [0.29, 0.717) is 23.9 Å². The summed E-state index contributed by atoms with van der Waals surface area (Å²) in [6.45, 7) is 5.71. The molecule has 0 saturated carbocycles. The predicted molar refractivity (Wildman–Crippen MR) is 153 cm³/mol. The van der Waals surface area contributed by atoms with Crippen LogP contribution in [0.4, 0.5) is 5.69 Å². The molecule has 0 aromatic heterocycles. The molecule has 8 nitrogen and oxygen atoms in total. The van der Waals surface area contributed by atoms with Crippen molar-refractivity contribution in [1.82, 2.24) is 10.2 Å². The van der Waals surface area contributed by atoms with E-state index >= 15 is 0 Å². The molecule has 3 aromatic rings. The molecule has 3 rings (SSSR count). The average Bonchev–Trinajstić information content (AvgIpc) is 2.94. The van der Waals surface area contributed by atoms with Crippen molar-refractivity contribution in [2.45, 2.75) is 44.7 Å². The smallest absolute Gasteiger partial charge is 0.264 e. The number of carbonyl (C=O) groups excluding carboxylic acids is 2. The Balaban J connectivity index is 2.06. The predicted octanol–water partition coefficient (Wildman–Crippen LogP) is 4.88. The Morgan fingerprint density at radius 3 is 2.23 bits per heavy atom. The van der Waals surface area contributed by atoms with Crippen molar-refractivity contribution in [3.05, 3.63) is 89.4 Å². The molecule has 1 N–H and O–H groups in total. The third kappa shape index (κ3) is 7.74. The Labute approximate surface area is 235 Å². The van der Waals surface area contributed by atoms with Crippen LogP contribution in [0.3, 0.4) is 0 Å². The van der Waals surface area contributed by atoms with Crippen LogP contribution < -0.4 is 14.4 Å². The number of hydrogen-bond donors (Lipinski definition) is 1. The topological polar surface area (TPSA) is 96.0 Å². The first-order valence-electron chi connectivity index (χ1n) is 12.8. The Bertz CT molecular complexity index is 1350. The molecule has 0 aliphatic rings. The van der Waals surface area contributed by atoms with Crippen LogP contribution in [0.15, 0.2) is 83.8 Å². The average molecular weight is 572 g/mol. The van der Waals surface area contributed by atoms with Gasteiger partial charge in [0.25, 0.3) is 10.0 Å². The number of para-hydroxylation sites is 2. The van der Waals surface area contributed by atoms with Gasteiger partial charge in [-0.15, -0.1) is 0 Å². The summed E-state index contributed by atoms with van der Waals surface area (Å²) in [6, 6.07) is 20.8. The minimum atomic E-state index is -4.23. The number of nitrogens with one attached hydrogen (secondary N) is 1. The molecule has 0 saturated heterocycles. The lowest BCUT2D eigenvalue weighted by Crippen LogP contribution is -2.51. The molecule has 0 bridgehead atoms. The van der Waals surface area contributed by atoms with E-state index < -0.39 is 28.5 Å². The monoisotopic (exact) mass is 571 g/mol. The van der Waals surface area contributed by atoms with E-state index in [-0.39, 0.29) is 23.0 Å². The molecule has 0 unspecified atom stereocenters. The highest BCUT2D eigenvalue weighted by molar-refractivity contribution is 7.92. The van der Waals surface area contributed by atoms with Crippen LogP contribution in [0.1, 0.15) is 32.8 Å². The van der Waals surface area contributed by atoms with Crippen LogP contribution >= 0.6 is 11.6 Å². The van der Waals surface area contributed by atoms with Crippen LogP contribution in [-0.4, -0.2) is 50.9 Å². The molecule has 0 heterocycles. The number of halogens is 1. The standard InChI is InChI=1S/C29H34ClN3O5S/c1-4-19-31-29(35)22(3)32(20-23-11-7-6-8-12-23)28(34)21-33(26-13-9-10-14-27(26)38-5-2)39(36,37)25-17-15-24(30)16-18-25/h6-18,22H,4-5,19-21H2,1-3H3,(H,31,35)/t22-/m0/s1. The first kappa shape index (κ1) is 30.0. The molecular formula is C29H34ClN3O5S. The second-order valence-corrected chi connectivity index (χ2v) is 11.1. The van der Waals surface area contributed by atoms with E-state index in [2.05, 4.69) is 5.32 Å². The fourth-order valence-corrected chi connectivity index (χ4v) is 5.50. The highest BCUT2D eigenvalue weighted by Gasteiger charge is 2.33. The normalized spacial score (nSPS) is 11.9. The van der Waals surface area contributed by atoms with Crippen molar-refractivity contribution >= 4 is 39.1 Å². The van der Waals surface area contributed by atoms with E-state index in [1.807, 2.05) is 37.3 Å². The Morgan fingerprint density at radius 1 is 0.949 bits per heavy atom. The van der Waals surface area contributed by atoms with E-state index in [9.17, 15) is 18.0 Å². The van der Waals surface area contributed by atoms with Gasteiger partial charge in [-0.1, -0.05) is 61.0 Å². The minimum absolute atomic E-state index is 0.0330. The zero-order chi connectivity index (χ0) is 28.4. The van der Waals surface area contributed by atoms with Crippen molar-refractivity contribution in [2.75, 3.05) is 24.0 Å². The minimum Gasteiger partial charge on any atom is -0.492 e. The molecular weight excluding hydrogens is 538 g/mol. The third-order valence-electron chi connectivity index (χ3n) is 6.03. The summed E-state index contributed by atoms with van der Waals surface area (Å²) < 4.78 is 34.6. The van der Waals surface area contributed by atoms with Gasteiger partial charge < -0.3 is 15.0 Å². The number of ether oxygens (including phenoxy) is 1. The van der Waals surface area contributed by atoms with E-state index in [1.165, 1.54) is 29.2 Å². The number of anilines is 1. The van der Waals surface area contributed by atoms with E-state index in [4.69, 9.17) is 16.3 Å². The van der Waals surface area contributed by atoms with Gasteiger partial charge in [-0.3, -0.25) is 13.9 Å². The Kier molecular flexibility index (Phi) is 10.8. The third-order valence-corrected chi connectivity index (χ3v) is 8.05. The number of amides is 2. The van der Waals surface area contributed by atoms with Gasteiger partial charge in [-0.2, -0.15) is 0 Å². The lowest BCUT2D eigenvalue weighted by atomic mass is 10.1. The van der Waals surface area contributed by atoms with Crippen molar-refractivity contribution in [3.8, 4) is 5.75 Å². The van der Waals surface area contributed by atoms with Gasteiger partial charge in [0.2, 0.25) is 11.8 Å². The molecule has 1 atom stereocenters. The van der Waals surface area contributed by atoms with Crippen LogP contribution in [0.25, 0.3) is 0 Å². The molecule has 10 heteroatoms. The fourth-order valence-electron chi connectivity index (χ4n) is 3.95. The molecule has 208 valence electrons. The summed E-state index contributed by atoms with van der Waals surface area (Å²) in [5.74, 6) is -0.543. The van der Waals surface area contributed by atoms with Crippen molar-refractivity contribution in [3.63, 3.8) is 0 Å². The number of sulfonamides is 1. The van der Waals surface area contributed by atoms with Crippen molar-refractivity contribution in [1.29, 1.82) is 0 Å². The van der Waals surface area contributed by atoms with Gasteiger partial charge in [-0.05, 0) is 62.2 Å². The van der Waals surface area contributed by atoms with Gasteiger partial charge in [0.15, 0.2) is 0 Å². The quantitative estimate of drug-likeness (QED) is 0.315. The first-order valence-corrected chi connectivity index (χ1v) is 14.6. The number of benzene rings is 3. The van der Waals surface area contributed by atoms with Gasteiger partial charge in [0, 0.05) is 18.1 Å². The fraction of sp³-hybridized carbons (Fsp3) is 0.310. The van der Waals surface area contributed by atoms with Crippen LogP contribution in [0.5, 0.6) is 5.75 Å². The molecule has 0 fully saturated rings. The summed E-state index contributed by atoms with van der Waals surface area (Å²) in [7, 11) is -4.23. The molecule has 0 radical (unpaired) electrons. The zero-order valence-electron chi connectivity index (χ0n) is 22.3. The SMILES string of the molecule is CCCNC(=O)[C@H](C)N(Cc1ccccc1)C(=O)CN(c1ccccc1OCC)S(=O)(=O)c1ccc(Cl)cc1. The van der Waals surface area contributed by atoms with Crippen molar-refractivity contribution in [2.24, 2.45) is 0 Å². The van der Waals surface area contributed by atoms with Crippen LogP contribution in [0.2, 0.25) is 5.02 Å². The highest BCUT2D eigenvalue weighted by Crippen LogP contribution is 2.33. The second kappa shape index (κ2) is 14.0. The maximum Gasteiger partial charge on any atom is 0.264 e. The largest absolute Gasteiger partial charge is 0.492 e. The van der Waals surface area contributed by atoms with E-state index in [0.717, 1.165) is 16.3 Å². The van der Waals surface area contributed by atoms with Gasteiger partial charge in [0.05, 0.1) is 17.2 Å². The molecule has 0 spiro atoms. The summed E-state index contributed by atoms with van der Waals surface area (Å²) in [5, 5.41) is 3.21. The second-order valence-electron chi connectivity index (χ2n) is 8.84. The molecule has 2 amide bonds. The van der Waals surface area contributed by atoms with Gasteiger partial charge in [-0.25, -0.2) is 8.42 Å². The lowest BCUT2D eigenvalue weighted by Gasteiger charge is -2.32. The van der Waals surface area contributed by atoms with Crippen LogP contribution in [0, 0.1) is 0 Å². The number of hydrogen-bond acceptors (Lipinski definition) is 5. The molecule has 39 heavy (non-hydrogen) atoms. The van der Waals surface area contributed by atoms with Crippen LogP contribution in [-0.2, 0) is 26.2 Å². The Morgan fingerprint density at radius 2 is 1.59 bits per heavy atom. The molecule has 0 aliphatic carbocycles. The number of carbonyl (C=O) groups is 2. The summed E-state index contributed by atoms with van der Waals surface area (Å²) in [6.07, 6.45) is 0.742. The lowest BCUT2D eigenvalue weighted by molar-refractivity contribution is -0.139. The maximum absolute atomic E-state index is 13.9. The zero-order valence-corrected chi connectivity index (χ0v) is 23.9. The highest BCUT2D eigenvalue weighted by atomic mass is 35.5. The van der Waals surface area contributed by atoms with E-state index in [1.54, 1.807) is 38.1 Å². The van der Waals surface area contributed by atoms with Gasteiger partial charge in [0.1, 0.15) is 18.3 Å². The number of nitrogens with zero attached hydrogens (tertiary/aromatic N) is 2. The molecule has 3 aromatic carbocycles. The summed E-state index contributed by atoms with van der Waals surface area (Å²) in [4.78, 5) is 28.2. The summed E-state index contributed by atoms with van der Waals surface area (Å²) >= 11 is 6.00. The molecule has 0 aliphatic heterocycles. The first-order chi connectivity index (χ1) is 18.7. The Hall–Kier alpha value is -3.56. The maximum atomic E-state index is 13.9. The van der Waals surface area contributed by atoms with Gasteiger partial charge >= 0.3 is 0 Å². The summed E-state index contributed by atoms with van der Waals surface area (Å²) in [5.41, 5.74) is 1.02.